The smallest absolute Gasteiger partial charge is 0.119 e. The summed E-state index contributed by atoms with van der Waals surface area (Å²) < 4.78 is 11.7. The van der Waals surface area contributed by atoms with Gasteiger partial charge in [-0.1, -0.05) is 31.9 Å². The van der Waals surface area contributed by atoms with Crippen LogP contribution in [0.5, 0.6) is 5.75 Å². The van der Waals surface area contributed by atoms with Gasteiger partial charge in [-0.15, -0.1) is 0 Å². The summed E-state index contributed by atoms with van der Waals surface area (Å²) in [7, 11) is 0. The van der Waals surface area contributed by atoms with Gasteiger partial charge in [-0.05, 0) is 37.0 Å². The Labute approximate surface area is 121 Å². The van der Waals surface area contributed by atoms with E-state index in [0.717, 1.165) is 31.9 Å². The average molecular weight is 275 g/mol. The molecule has 3 rings (SSSR count). The zero-order valence-corrected chi connectivity index (χ0v) is 12.4. The lowest BCUT2D eigenvalue weighted by Gasteiger charge is -2.38. The van der Waals surface area contributed by atoms with Crippen molar-refractivity contribution in [2.75, 3.05) is 19.8 Å². The minimum Gasteiger partial charge on any atom is -0.494 e. The largest absolute Gasteiger partial charge is 0.494 e. The molecule has 1 saturated carbocycles. The fraction of sp³-hybridized carbons (Fsp3) is 0.647. The van der Waals surface area contributed by atoms with Gasteiger partial charge < -0.3 is 14.8 Å². The number of morpholine rings is 1. The van der Waals surface area contributed by atoms with Crippen LogP contribution in [0.25, 0.3) is 0 Å². The number of benzene rings is 1. The van der Waals surface area contributed by atoms with Crippen molar-refractivity contribution in [2.24, 2.45) is 0 Å². The normalized spacial score (nSPS) is 24.9. The Hall–Kier alpha value is -1.06. The van der Waals surface area contributed by atoms with E-state index in [2.05, 4.69) is 24.4 Å². The van der Waals surface area contributed by atoms with E-state index in [4.69, 9.17) is 9.47 Å². The maximum atomic E-state index is 6.12. The van der Waals surface area contributed by atoms with Crippen LogP contribution in [0, 0.1) is 0 Å². The van der Waals surface area contributed by atoms with E-state index in [1.54, 1.807) is 0 Å². The highest BCUT2D eigenvalue weighted by molar-refractivity contribution is 5.29. The third-order valence-electron chi connectivity index (χ3n) is 4.51. The molecule has 2 aliphatic rings. The van der Waals surface area contributed by atoms with E-state index in [0.29, 0.717) is 0 Å². The highest BCUT2D eigenvalue weighted by atomic mass is 16.5. The van der Waals surface area contributed by atoms with Gasteiger partial charge in [0, 0.05) is 12.1 Å². The highest BCUT2D eigenvalue weighted by Crippen LogP contribution is 2.35. The molecular formula is C17H25NO2. The monoisotopic (exact) mass is 275 g/mol. The van der Waals surface area contributed by atoms with Crippen LogP contribution >= 0.6 is 0 Å². The summed E-state index contributed by atoms with van der Waals surface area (Å²) >= 11 is 0. The molecule has 1 heterocycles. The summed E-state index contributed by atoms with van der Waals surface area (Å²) in [5.74, 6) is 0.951. The van der Waals surface area contributed by atoms with Crippen LogP contribution in [0.2, 0.25) is 0 Å². The molecule has 0 bridgehead atoms. The third kappa shape index (κ3) is 2.99. The van der Waals surface area contributed by atoms with Crippen LogP contribution in [0.3, 0.4) is 0 Å². The first-order chi connectivity index (χ1) is 9.81. The van der Waals surface area contributed by atoms with Gasteiger partial charge in [0.05, 0.1) is 19.3 Å². The molecule has 1 aliphatic carbocycles. The number of ether oxygens (including phenoxy) is 2. The Kier molecular flexibility index (Phi) is 4.27. The van der Waals surface area contributed by atoms with Crippen LogP contribution in [0.1, 0.15) is 50.7 Å². The van der Waals surface area contributed by atoms with Crippen molar-refractivity contribution in [1.29, 1.82) is 0 Å². The molecule has 1 N–H and O–H groups in total. The fourth-order valence-electron chi connectivity index (χ4n) is 3.26. The molecule has 3 heteroatoms. The van der Waals surface area contributed by atoms with Gasteiger partial charge in [0.2, 0.25) is 0 Å². The Balaban J connectivity index is 1.57. The SMILES string of the molecule is CCCOc1ccc(C2CNC3(CCCC3)CO2)cc1. The minimum atomic E-state index is 0.182. The maximum absolute atomic E-state index is 6.12. The summed E-state index contributed by atoms with van der Waals surface area (Å²) in [5.41, 5.74) is 1.52. The van der Waals surface area contributed by atoms with Gasteiger partial charge in [-0.25, -0.2) is 0 Å². The maximum Gasteiger partial charge on any atom is 0.119 e. The second kappa shape index (κ2) is 6.15. The van der Waals surface area contributed by atoms with Crippen molar-refractivity contribution in [3.8, 4) is 5.75 Å². The van der Waals surface area contributed by atoms with Crippen molar-refractivity contribution in [3.05, 3.63) is 29.8 Å². The quantitative estimate of drug-likeness (QED) is 0.913. The first-order valence-electron chi connectivity index (χ1n) is 7.91. The van der Waals surface area contributed by atoms with Crippen molar-refractivity contribution in [2.45, 2.75) is 50.7 Å². The third-order valence-corrected chi connectivity index (χ3v) is 4.51. The van der Waals surface area contributed by atoms with Crippen molar-refractivity contribution >= 4 is 0 Å². The van der Waals surface area contributed by atoms with Gasteiger partial charge in [0.1, 0.15) is 5.75 Å². The lowest BCUT2D eigenvalue weighted by Crippen LogP contribution is -2.53. The zero-order valence-electron chi connectivity index (χ0n) is 12.4. The topological polar surface area (TPSA) is 30.5 Å². The van der Waals surface area contributed by atoms with Crippen LogP contribution in [-0.2, 0) is 4.74 Å². The fourth-order valence-corrected chi connectivity index (χ4v) is 3.26. The lowest BCUT2D eigenvalue weighted by molar-refractivity contribution is -0.0326. The van der Waals surface area contributed by atoms with Gasteiger partial charge in [0.25, 0.3) is 0 Å². The molecule has 1 atom stereocenters. The number of rotatable bonds is 4. The summed E-state index contributed by atoms with van der Waals surface area (Å²) in [6, 6.07) is 8.36. The minimum absolute atomic E-state index is 0.182. The molecule has 1 saturated heterocycles. The average Bonchev–Trinajstić information content (AvgIpc) is 2.95. The molecular weight excluding hydrogens is 250 g/mol. The van der Waals surface area contributed by atoms with E-state index >= 15 is 0 Å². The second-order valence-electron chi connectivity index (χ2n) is 6.09. The molecule has 1 aliphatic heterocycles. The Morgan fingerprint density at radius 3 is 2.60 bits per heavy atom. The molecule has 1 aromatic carbocycles. The Morgan fingerprint density at radius 1 is 1.25 bits per heavy atom. The molecule has 20 heavy (non-hydrogen) atoms. The van der Waals surface area contributed by atoms with Gasteiger partial charge >= 0.3 is 0 Å². The molecule has 110 valence electrons. The highest BCUT2D eigenvalue weighted by Gasteiger charge is 2.38. The molecule has 0 aromatic heterocycles. The van der Waals surface area contributed by atoms with Gasteiger partial charge in [-0.3, -0.25) is 0 Å². The number of hydrogen-bond donors (Lipinski definition) is 1. The summed E-state index contributed by atoms with van der Waals surface area (Å²) in [5, 5.41) is 3.74. The Bertz CT molecular complexity index is 413. The van der Waals surface area contributed by atoms with Crippen LogP contribution < -0.4 is 10.1 Å². The van der Waals surface area contributed by atoms with E-state index in [-0.39, 0.29) is 11.6 Å². The van der Waals surface area contributed by atoms with Crippen LogP contribution in [-0.4, -0.2) is 25.3 Å². The van der Waals surface area contributed by atoms with E-state index in [1.165, 1.54) is 31.2 Å². The van der Waals surface area contributed by atoms with Gasteiger partial charge in [0.15, 0.2) is 0 Å². The molecule has 2 fully saturated rings. The molecule has 1 aromatic rings. The van der Waals surface area contributed by atoms with Crippen molar-refractivity contribution in [3.63, 3.8) is 0 Å². The standard InChI is InChI=1S/C17H25NO2/c1-2-11-19-15-7-5-14(6-8-15)16-12-18-17(13-20-16)9-3-4-10-17/h5-8,16,18H,2-4,9-13H2,1H3. The predicted molar refractivity (Wildman–Crippen MR) is 80.1 cm³/mol. The lowest BCUT2D eigenvalue weighted by atomic mass is 9.95. The number of nitrogens with one attached hydrogen (secondary N) is 1. The first-order valence-corrected chi connectivity index (χ1v) is 7.91. The molecule has 0 radical (unpaired) electrons. The first kappa shape index (κ1) is 13.9. The Morgan fingerprint density at radius 2 is 2.00 bits per heavy atom. The van der Waals surface area contributed by atoms with Gasteiger partial charge in [-0.2, -0.15) is 0 Å². The number of hydrogen-bond acceptors (Lipinski definition) is 3. The summed E-state index contributed by atoms with van der Waals surface area (Å²) in [6.45, 7) is 4.68. The summed E-state index contributed by atoms with van der Waals surface area (Å²) in [4.78, 5) is 0. The molecule has 1 unspecified atom stereocenters. The van der Waals surface area contributed by atoms with Crippen molar-refractivity contribution in [1.82, 2.24) is 5.32 Å². The van der Waals surface area contributed by atoms with Crippen molar-refractivity contribution < 1.29 is 9.47 Å². The van der Waals surface area contributed by atoms with E-state index < -0.39 is 0 Å². The molecule has 0 amide bonds. The van der Waals surface area contributed by atoms with E-state index in [9.17, 15) is 0 Å². The predicted octanol–water partition coefficient (Wildman–Crippen LogP) is 3.45. The zero-order chi connectivity index (χ0) is 13.8. The molecule has 1 spiro atoms. The second-order valence-corrected chi connectivity index (χ2v) is 6.09. The summed E-state index contributed by atoms with van der Waals surface area (Å²) in [6.07, 6.45) is 6.43. The van der Waals surface area contributed by atoms with Crippen LogP contribution in [0.4, 0.5) is 0 Å². The molecule has 3 nitrogen and oxygen atoms in total. The van der Waals surface area contributed by atoms with Crippen LogP contribution in [0.15, 0.2) is 24.3 Å². The van der Waals surface area contributed by atoms with E-state index in [1.807, 2.05) is 12.1 Å².